The molecule has 1 aromatic carbocycles. The third-order valence-electron chi connectivity index (χ3n) is 4.11. The first-order valence-corrected chi connectivity index (χ1v) is 9.27. The van der Waals surface area contributed by atoms with Crippen molar-refractivity contribution < 1.29 is 13.2 Å². The number of nitrogens with zero attached hydrogens (tertiary/aromatic N) is 1. The van der Waals surface area contributed by atoms with Gasteiger partial charge in [-0.15, -0.1) is 0 Å². The molecular weight excluding hydrogens is 300 g/mol. The Balaban J connectivity index is 1.87. The zero-order valence-electron chi connectivity index (χ0n) is 13.4. The van der Waals surface area contributed by atoms with Crippen molar-refractivity contribution in [1.82, 2.24) is 9.62 Å². The molecule has 6 heteroatoms. The van der Waals surface area contributed by atoms with Crippen molar-refractivity contribution in [2.24, 2.45) is 5.92 Å². The van der Waals surface area contributed by atoms with Crippen molar-refractivity contribution in [2.45, 2.75) is 24.7 Å². The molecule has 0 spiro atoms. The minimum absolute atomic E-state index is 0.338. The average Bonchev–Trinajstić information content (AvgIpc) is 2.52. The zero-order valence-corrected chi connectivity index (χ0v) is 14.2. The SMILES string of the molecule is COCCN1CCC[C@@H](CNS(=O)(=O)c2ccc(C)cc2)C1. The van der Waals surface area contributed by atoms with E-state index in [0.717, 1.165) is 44.6 Å². The standard InChI is InChI=1S/C16H26N2O3S/c1-14-5-7-16(8-6-14)22(19,20)17-12-15-4-3-9-18(13-15)10-11-21-2/h5-8,15,17H,3-4,9-13H2,1-2H3/t15-/m0/s1. The van der Waals surface area contributed by atoms with Gasteiger partial charge in [-0.3, -0.25) is 0 Å². The number of aryl methyl sites for hydroxylation is 1. The van der Waals surface area contributed by atoms with Crippen molar-refractivity contribution >= 4 is 10.0 Å². The maximum atomic E-state index is 12.3. The van der Waals surface area contributed by atoms with Crippen molar-refractivity contribution in [3.8, 4) is 0 Å². The minimum atomic E-state index is -3.40. The van der Waals surface area contributed by atoms with E-state index in [0.29, 0.717) is 17.4 Å². The number of ether oxygens (including phenoxy) is 1. The number of likely N-dealkylation sites (tertiary alicyclic amines) is 1. The molecule has 1 fully saturated rings. The number of hydrogen-bond acceptors (Lipinski definition) is 4. The van der Waals surface area contributed by atoms with Crippen LogP contribution in [0, 0.1) is 12.8 Å². The highest BCUT2D eigenvalue weighted by molar-refractivity contribution is 7.89. The van der Waals surface area contributed by atoms with Crippen molar-refractivity contribution in [3.05, 3.63) is 29.8 Å². The van der Waals surface area contributed by atoms with Gasteiger partial charge in [-0.05, 0) is 44.4 Å². The van der Waals surface area contributed by atoms with Crippen molar-refractivity contribution in [2.75, 3.05) is 39.9 Å². The molecule has 124 valence electrons. The van der Waals surface area contributed by atoms with Crippen LogP contribution >= 0.6 is 0 Å². The molecule has 1 heterocycles. The Morgan fingerprint density at radius 3 is 2.73 bits per heavy atom. The maximum absolute atomic E-state index is 12.3. The van der Waals surface area contributed by atoms with Crippen LogP contribution in [0.25, 0.3) is 0 Å². The number of benzene rings is 1. The number of sulfonamides is 1. The van der Waals surface area contributed by atoms with Crippen LogP contribution in [0.4, 0.5) is 0 Å². The first-order chi connectivity index (χ1) is 10.5. The largest absolute Gasteiger partial charge is 0.383 e. The van der Waals surface area contributed by atoms with Gasteiger partial charge in [-0.2, -0.15) is 0 Å². The van der Waals surface area contributed by atoms with Gasteiger partial charge >= 0.3 is 0 Å². The summed E-state index contributed by atoms with van der Waals surface area (Å²) in [5.41, 5.74) is 1.06. The highest BCUT2D eigenvalue weighted by Gasteiger charge is 2.22. The molecule has 5 nitrogen and oxygen atoms in total. The number of methoxy groups -OCH3 is 1. The third-order valence-corrected chi connectivity index (χ3v) is 5.55. The van der Waals surface area contributed by atoms with Gasteiger partial charge in [0.15, 0.2) is 0 Å². The predicted molar refractivity (Wildman–Crippen MR) is 87.4 cm³/mol. The lowest BCUT2D eigenvalue weighted by Crippen LogP contribution is -2.42. The lowest BCUT2D eigenvalue weighted by molar-refractivity contribution is 0.115. The minimum Gasteiger partial charge on any atom is -0.383 e. The zero-order chi connectivity index (χ0) is 16.0. The van der Waals surface area contributed by atoms with Crippen molar-refractivity contribution in [3.63, 3.8) is 0 Å². The Kier molecular flexibility index (Phi) is 6.37. The van der Waals surface area contributed by atoms with Crippen molar-refractivity contribution in [1.29, 1.82) is 0 Å². The predicted octanol–water partition coefficient (Wildman–Crippen LogP) is 1.63. The Bertz CT molecular complexity index is 557. The van der Waals surface area contributed by atoms with Gasteiger partial charge in [-0.25, -0.2) is 13.1 Å². The molecule has 1 aromatic rings. The number of piperidine rings is 1. The van der Waals surface area contributed by atoms with Crippen LogP contribution in [0.2, 0.25) is 0 Å². The summed E-state index contributed by atoms with van der Waals surface area (Å²) in [6.45, 7) is 6.09. The number of nitrogens with one attached hydrogen (secondary N) is 1. The second-order valence-corrected chi connectivity index (χ2v) is 7.73. The molecule has 0 bridgehead atoms. The van der Waals surface area contributed by atoms with Crippen LogP contribution in [0.15, 0.2) is 29.2 Å². The Morgan fingerprint density at radius 1 is 1.32 bits per heavy atom. The Hall–Kier alpha value is -0.950. The fourth-order valence-corrected chi connectivity index (χ4v) is 3.89. The lowest BCUT2D eigenvalue weighted by Gasteiger charge is -2.32. The van der Waals surface area contributed by atoms with E-state index < -0.39 is 10.0 Å². The van der Waals surface area contributed by atoms with Crippen LogP contribution < -0.4 is 4.72 Å². The lowest BCUT2D eigenvalue weighted by atomic mass is 9.98. The quantitative estimate of drug-likeness (QED) is 0.827. The topological polar surface area (TPSA) is 58.6 Å². The first-order valence-electron chi connectivity index (χ1n) is 7.79. The summed E-state index contributed by atoms with van der Waals surface area (Å²) in [4.78, 5) is 2.68. The van der Waals surface area contributed by atoms with Crippen LogP contribution in [-0.4, -0.2) is 53.2 Å². The molecule has 0 unspecified atom stereocenters. The molecule has 0 aliphatic carbocycles. The molecule has 1 saturated heterocycles. The van der Waals surface area contributed by atoms with E-state index in [1.807, 2.05) is 19.1 Å². The molecule has 0 amide bonds. The van der Waals surface area contributed by atoms with Gasteiger partial charge in [0.1, 0.15) is 0 Å². The summed E-state index contributed by atoms with van der Waals surface area (Å²) in [5, 5.41) is 0. The maximum Gasteiger partial charge on any atom is 0.240 e. The molecular formula is C16H26N2O3S. The van der Waals surface area contributed by atoms with Gasteiger partial charge < -0.3 is 9.64 Å². The molecule has 0 radical (unpaired) electrons. The molecule has 0 aromatic heterocycles. The average molecular weight is 326 g/mol. The molecule has 1 aliphatic rings. The molecule has 1 N–H and O–H groups in total. The first kappa shape index (κ1) is 17.4. The van der Waals surface area contributed by atoms with Crippen LogP contribution in [0.3, 0.4) is 0 Å². The highest BCUT2D eigenvalue weighted by atomic mass is 32.2. The molecule has 22 heavy (non-hydrogen) atoms. The van der Waals surface area contributed by atoms with E-state index in [-0.39, 0.29) is 0 Å². The molecule has 1 atom stereocenters. The Morgan fingerprint density at radius 2 is 2.05 bits per heavy atom. The monoisotopic (exact) mass is 326 g/mol. The summed E-state index contributed by atoms with van der Waals surface area (Å²) in [6.07, 6.45) is 2.18. The van der Waals surface area contributed by atoms with Crippen LogP contribution in [0.1, 0.15) is 18.4 Å². The van der Waals surface area contributed by atoms with Gasteiger partial charge in [0.05, 0.1) is 11.5 Å². The smallest absolute Gasteiger partial charge is 0.240 e. The van der Waals surface area contributed by atoms with E-state index in [9.17, 15) is 8.42 Å². The fraction of sp³-hybridized carbons (Fsp3) is 0.625. The highest BCUT2D eigenvalue weighted by Crippen LogP contribution is 2.17. The summed E-state index contributed by atoms with van der Waals surface area (Å²) in [5.74, 6) is 0.367. The number of rotatable bonds is 7. The van der Waals surface area contributed by atoms with Crippen LogP contribution in [-0.2, 0) is 14.8 Å². The summed E-state index contributed by atoms with van der Waals surface area (Å²) in [6, 6.07) is 6.95. The van der Waals surface area contributed by atoms with E-state index in [2.05, 4.69) is 9.62 Å². The van der Waals surface area contributed by atoms with Gasteiger partial charge in [0.2, 0.25) is 10.0 Å². The second-order valence-electron chi connectivity index (χ2n) is 5.97. The third kappa shape index (κ3) is 5.05. The molecule has 0 saturated carbocycles. The van der Waals surface area contributed by atoms with E-state index in [4.69, 9.17) is 4.74 Å². The summed E-state index contributed by atoms with van der Waals surface area (Å²) in [7, 11) is -1.70. The molecule has 1 aliphatic heterocycles. The Labute approximate surface area is 133 Å². The second kappa shape index (κ2) is 8.06. The van der Waals surface area contributed by atoms with E-state index in [1.54, 1.807) is 19.2 Å². The van der Waals surface area contributed by atoms with Crippen LogP contribution in [0.5, 0.6) is 0 Å². The fourth-order valence-electron chi connectivity index (χ4n) is 2.77. The van der Waals surface area contributed by atoms with Gasteiger partial charge in [0, 0.05) is 26.7 Å². The normalized spacial score (nSPS) is 20.2. The van der Waals surface area contributed by atoms with E-state index in [1.165, 1.54) is 0 Å². The summed E-state index contributed by atoms with van der Waals surface area (Å²) < 4.78 is 32.5. The number of hydrogen-bond donors (Lipinski definition) is 1. The van der Waals surface area contributed by atoms with Gasteiger partial charge in [0.25, 0.3) is 0 Å². The summed E-state index contributed by atoms with van der Waals surface area (Å²) >= 11 is 0. The molecule has 2 rings (SSSR count). The van der Waals surface area contributed by atoms with E-state index >= 15 is 0 Å². The van der Waals surface area contributed by atoms with Gasteiger partial charge in [-0.1, -0.05) is 17.7 Å².